The molecule has 142 valence electrons. The number of hydrogen-bond donors (Lipinski definition) is 0. The van der Waals surface area contributed by atoms with Crippen LogP contribution in [0.1, 0.15) is 32.2 Å². The van der Waals surface area contributed by atoms with Gasteiger partial charge in [-0.3, -0.25) is 9.36 Å². The Morgan fingerprint density at radius 1 is 1.19 bits per heavy atom. The molecule has 1 aliphatic rings. The molecule has 2 aromatic heterocycles. The van der Waals surface area contributed by atoms with E-state index in [2.05, 4.69) is 4.98 Å². The number of ether oxygens (including phenoxy) is 1. The maximum absolute atomic E-state index is 13.2. The van der Waals surface area contributed by atoms with Crippen LogP contribution in [-0.4, -0.2) is 31.9 Å². The van der Waals surface area contributed by atoms with Gasteiger partial charge in [0.2, 0.25) is 0 Å². The molecule has 0 amide bonds. The van der Waals surface area contributed by atoms with Gasteiger partial charge < -0.3 is 4.74 Å². The van der Waals surface area contributed by atoms with Crippen molar-refractivity contribution in [3.63, 3.8) is 0 Å². The number of thioether (sulfide) groups is 1. The molecule has 0 aromatic carbocycles. The first-order valence-electron chi connectivity index (χ1n) is 8.39. The van der Waals surface area contributed by atoms with Gasteiger partial charge in [-0.1, -0.05) is 24.3 Å². The number of allylic oxidation sites excluding steroid dienone is 4. The van der Waals surface area contributed by atoms with Crippen LogP contribution in [0.3, 0.4) is 0 Å². The Morgan fingerprint density at radius 3 is 2.44 bits per heavy atom. The van der Waals surface area contributed by atoms with E-state index in [9.17, 15) is 9.59 Å². The van der Waals surface area contributed by atoms with Crippen molar-refractivity contribution in [2.24, 2.45) is 0 Å². The second kappa shape index (κ2) is 7.74. The molecule has 0 unspecified atom stereocenters. The monoisotopic (exact) mass is 403 g/mol. The van der Waals surface area contributed by atoms with Crippen molar-refractivity contribution in [2.75, 3.05) is 6.26 Å². The van der Waals surface area contributed by atoms with Crippen molar-refractivity contribution in [1.82, 2.24) is 14.1 Å². The van der Waals surface area contributed by atoms with Gasteiger partial charge in [0.1, 0.15) is 17.2 Å². The van der Waals surface area contributed by atoms with Crippen LogP contribution in [0.4, 0.5) is 0 Å². The fourth-order valence-corrected chi connectivity index (χ4v) is 4.08. The van der Waals surface area contributed by atoms with Crippen LogP contribution in [0.15, 0.2) is 39.5 Å². The summed E-state index contributed by atoms with van der Waals surface area (Å²) in [6, 6.07) is 0. The van der Waals surface area contributed by atoms with Crippen LogP contribution in [0.25, 0.3) is 17.3 Å². The van der Waals surface area contributed by atoms with Gasteiger partial charge in [0, 0.05) is 5.38 Å². The average molecular weight is 404 g/mol. The molecule has 0 saturated carbocycles. The number of nitrogens with zero attached hydrogens (tertiary/aromatic N) is 3. The number of aromatic nitrogens is 3. The minimum atomic E-state index is -0.612. The second-order valence-electron chi connectivity index (χ2n) is 6.84. The van der Waals surface area contributed by atoms with Crippen LogP contribution < -0.4 is 5.69 Å². The largest absolute Gasteiger partial charge is 0.459 e. The van der Waals surface area contributed by atoms with E-state index in [4.69, 9.17) is 4.74 Å². The van der Waals surface area contributed by atoms with Gasteiger partial charge >= 0.3 is 11.7 Å². The Kier molecular flexibility index (Phi) is 5.57. The maximum Gasteiger partial charge on any atom is 0.336 e. The fraction of sp³-hybridized carbons (Fsp3) is 0.316. The summed E-state index contributed by atoms with van der Waals surface area (Å²) in [5.41, 5.74) is 0.404. The van der Waals surface area contributed by atoms with E-state index < -0.39 is 11.6 Å². The highest BCUT2D eigenvalue weighted by Crippen LogP contribution is 2.25. The smallest absolute Gasteiger partial charge is 0.336 e. The van der Waals surface area contributed by atoms with E-state index >= 15 is 0 Å². The van der Waals surface area contributed by atoms with Gasteiger partial charge in [0.15, 0.2) is 5.13 Å². The first-order valence-corrected chi connectivity index (χ1v) is 10.5. The van der Waals surface area contributed by atoms with Crippen LogP contribution in [0, 0.1) is 0 Å². The summed E-state index contributed by atoms with van der Waals surface area (Å²) in [4.78, 5) is 30.0. The van der Waals surface area contributed by atoms with Gasteiger partial charge in [-0.15, -0.1) is 23.1 Å². The van der Waals surface area contributed by atoms with Crippen molar-refractivity contribution in [3.05, 3.63) is 51.6 Å². The Balaban J connectivity index is 2.13. The molecule has 0 atom stereocenters. The van der Waals surface area contributed by atoms with Crippen molar-refractivity contribution in [1.29, 1.82) is 0 Å². The van der Waals surface area contributed by atoms with E-state index in [0.29, 0.717) is 16.5 Å². The Bertz CT molecular complexity index is 1000. The summed E-state index contributed by atoms with van der Waals surface area (Å²) in [7, 11) is 0. The normalized spacial score (nSPS) is 16.9. The Morgan fingerprint density at radius 2 is 1.85 bits per heavy atom. The van der Waals surface area contributed by atoms with E-state index in [1.165, 1.54) is 27.7 Å². The summed E-state index contributed by atoms with van der Waals surface area (Å²) >= 11 is 2.91. The number of thiazole rings is 1. The summed E-state index contributed by atoms with van der Waals surface area (Å²) in [5.74, 6) is -0.455. The van der Waals surface area contributed by atoms with Gasteiger partial charge in [-0.25, -0.2) is 14.3 Å². The molecular weight excluding hydrogens is 382 g/mol. The number of fused-ring (bicyclic) bond motifs is 1. The zero-order chi connectivity index (χ0) is 19.6. The highest BCUT2D eigenvalue weighted by Gasteiger charge is 2.24. The van der Waals surface area contributed by atoms with Gasteiger partial charge in [0.25, 0.3) is 0 Å². The SMILES string of the molecule is CSc1csc(-n2c3c(n(CC(=O)OC(C)(C)C)c2=O)\C=C/C=C/C=C\3)n1. The molecule has 0 radical (unpaired) electrons. The van der Waals surface area contributed by atoms with E-state index in [1.54, 1.807) is 25.3 Å². The first-order chi connectivity index (χ1) is 12.8. The summed E-state index contributed by atoms with van der Waals surface area (Å²) in [5, 5.41) is 3.33. The predicted molar refractivity (Wildman–Crippen MR) is 111 cm³/mol. The van der Waals surface area contributed by atoms with E-state index in [0.717, 1.165) is 5.03 Å². The zero-order valence-corrected chi connectivity index (χ0v) is 17.3. The number of carbonyl (C=O) groups is 1. The standard InChI is InChI=1S/C19H21N3O3S2/c1-19(2,3)25-16(23)11-21-13-9-7-5-6-8-10-14(13)22(18(21)24)17-20-15(26-4)12-27-17/h5-10,12H,11H2,1-4H3/b6-5+,7-5?,8-6?,9-7-,10-8-,13-9?,14-10?. The lowest BCUT2D eigenvalue weighted by molar-refractivity contribution is -0.155. The van der Waals surface area contributed by atoms with Crippen LogP contribution >= 0.6 is 23.1 Å². The van der Waals surface area contributed by atoms with Crippen LogP contribution in [0.5, 0.6) is 0 Å². The minimum absolute atomic E-state index is 0.159. The second-order valence-corrected chi connectivity index (χ2v) is 8.50. The van der Waals surface area contributed by atoms with Crippen molar-refractivity contribution < 1.29 is 9.53 Å². The molecule has 3 rings (SSSR count). The number of imidazole rings is 1. The van der Waals surface area contributed by atoms with Gasteiger partial charge in [-0.2, -0.15) is 0 Å². The van der Waals surface area contributed by atoms with E-state index in [-0.39, 0.29) is 12.2 Å². The fourth-order valence-electron chi connectivity index (χ4n) is 2.62. The summed E-state index contributed by atoms with van der Waals surface area (Å²) < 4.78 is 8.38. The molecule has 0 saturated heterocycles. The number of esters is 1. The third-order valence-electron chi connectivity index (χ3n) is 3.64. The molecule has 6 nitrogen and oxygen atoms in total. The molecule has 8 heteroatoms. The van der Waals surface area contributed by atoms with E-state index in [1.807, 2.05) is 48.1 Å². The van der Waals surface area contributed by atoms with Gasteiger partial charge in [-0.05, 0) is 39.2 Å². The third-order valence-corrected chi connectivity index (χ3v) is 5.24. The highest BCUT2D eigenvalue weighted by molar-refractivity contribution is 7.98. The number of carbonyl (C=O) groups excluding carboxylic acids is 1. The van der Waals surface area contributed by atoms with Crippen molar-refractivity contribution in [3.8, 4) is 5.13 Å². The molecule has 0 fully saturated rings. The minimum Gasteiger partial charge on any atom is -0.459 e. The zero-order valence-electron chi connectivity index (χ0n) is 15.6. The lowest BCUT2D eigenvalue weighted by Gasteiger charge is -2.19. The Hall–Kier alpha value is -2.32. The topological polar surface area (TPSA) is 66.1 Å². The molecule has 0 spiro atoms. The molecular formula is C19H21N3O3S2. The van der Waals surface area contributed by atoms with Gasteiger partial charge in [0.05, 0.1) is 11.4 Å². The average Bonchev–Trinajstić information content (AvgIpc) is 3.10. The number of rotatable bonds is 4. The number of hydrogen-bond acceptors (Lipinski definition) is 6. The summed E-state index contributed by atoms with van der Waals surface area (Å²) in [6.07, 6.45) is 13.1. The van der Waals surface area contributed by atoms with Crippen molar-refractivity contribution >= 4 is 41.2 Å². The van der Waals surface area contributed by atoms with Crippen LogP contribution in [-0.2, 0) is 16.1 Å². The molecule has 0 aliphatic heterocycles. The molecule has 0 N–H and O–H groups in total. The highest BCUT2D eigenvalue weighted by atomic mass is 32.2. The quantitative estimate of drug-likeness (QED) is 0.574. The third kappa shape index (κ3) is 4.33. The maximum atomic E-state index is 13.2. The molecule has 27 heavy (non-hydrogen) atoms. The lowest BCUT2D eigenvalue weighted by Crippen LogP contribution is -2.31. The first kappa shape index (κ1) is 19.4. The Labute approximate surface area is 165 Å². The molecule has 1 aliphatic carbocycles. The van der Waals surface area contributed by atoms with Crippen molar-refractivity contribution in [2.45, 2.75) is 37.9 Å². The summed E-state index contributed by atoms with van der Waals surface area (Å²) in [6.45, 7) is 5.25. The molecule has 2 heterocycles. The molecule has 0 bridgehead atoms. The predicted octanol–water partition coefficient (Wildman–Crippen LogP) is 3.76. The van der Waals surface area contributed by atoms with Crippen LogP contribution in [0.2, 0.25) is 0 Å². The lowest BCUT2D eigenvalue weighted by atomic mass is 10.2. The molecule has 2 aromatic rings.